The van der Waals surface area contributed by atoms with Crippen LogP contribution in [0.15, 0.2) is 67.3 Å². The highest BCUT2D eigenvalue weighted by Crippen LogP contribution is 2.24. The van der Waals surface area contributed by atoms with Gasteiger partial charge in [0.05, 0.1) is 11.1 Å². The highest BCUT2D eigenvalue weighted by atomic mass is 16.2. The Morgan fingerprint density at radius 1 is 0.906 bits per heavy atom. The van der Waals surface area contributed by atoms with Crippen molar-refractivity contribution in [2.75, 3.05) is 6.54 Å². The summed E-state index contributed by atoms with van der Waals surface area (Å²) in [5.41, 5.74) is 3.72. The van der Waals surface area contributed by atoms with E-state index in [2.05, 4.69) is 9.97 Å². The fourth-order valence-corrected chi connectivity index (χ4v) is 3.81. The predicted molar refractivity (Wildman–Crippen MR) is 119 cm³/mol. The number of rotatable bonds is 8. The van der Waals surface area contributed by atoms with Gasteiger partial charge in [0.2, 0.25) is 5.91 Å². The first-order valence-electron chi connectivity index (χ1n) is 10.6. The summed E-state index contributed by atoms with van der Waals surface area (Å²) in [6.07, 6.45) is 7.48. The fraction of sp³-hybridized carbons (Fsp3) is 0.240. The molecule has 3 amide bonds. The van der Waals surface area contributed by atoms with Gasteiger partial charge in [-0.25, -0.2) is 0 Å². The maximum Gasteiger partial charge on any atom is 0.261 e. The number of benzene rings is 1. The number of amides is 3. The van der Waals surface area contributed by atoms with Gasteiger partial charge in [-0.1, -0.05) is 17.7 Å². The molecule has 0 spiro atoms. The van der Waals surface area contributed by atoms with Crippen LogP contribution in [-0.2, 0) is 17.9 Å². The third-order valence-corrected chi connectivity index (χ3v) is 5.47. The van der Waals surface area contributed by atoms with Crippen LogP contribution in [-0.4, -0.2) is 44.0 Å². The van der Waals surface area contributed by atoms with Gasteiger partial charge in [0.25, 0.3) is 11.8 Å². The average molecular weight is 428 g/mol. The van der Waals surface area contributed by atoms with Crippen LogP contribution < -0.4 is 0 Å². The Bertz CT molecular complexity index is 1090. The summed E-state index contributed by atoms with van der Waals surface area (Å²) < 4.78 is 0. The topological polar surface area (TPSA) is 83.5 Å². The van der Waals surface area contributed by atoms with Crippen molar-refractivity contribution in [3.05, 3.63) is 95.1 Å². The van der Waals surface area contributed by atoms with Crippen molar-refractivity contribution in [1.82, 2.24) is 19.8 Å². The van der Waals surface area contributed by atoms with Gasteiger partial charge in [-0.3, -0.25) is 29.3 Å². The Kier molecular flexibility index (Phi) is 6.35. The third-order valence-electron chi connectivity index (χ3n) is 5.47. The molecule has 1 aliphatic heterocycles. The fourth-order valence-electron chi connectivity index (χ4n) is 3.81. The lowest BCUT2D eigenvalue weighted by Gasteiger charge is -2.23. The smallest absolute Gasteiger partial charge is 0.261 e. The summed E-state index contributed by atoms with van der Waals surface area (Å²) in [6, 6.07) is 12.8. The summed E-state index contributed by atoms with van der Waals surface area (Å²) in [7, 11) is 0. The summed E-state index contributed by atoms with van der Waals surface area (Å²) in [4.78, 5) is 49.5. The molecule has 0 saturated carbocycles. The molecule has 4 rings (SSSR count). The zero-order chi connectivity index (χ0) is 22.5. The second kappa shape index (κ2) is 9.51. The van der Waals surface area contributed by atoms with E-state index in [1.54, 1.807) is 41.8 Å². The molecule has 7 nitrogen and oxygen atoms in total. The Morgan fingerprint density at radius 3 is 2.41 bits per heavy atom. The Hall–Kier alpha value is -3.87. The predicted octanol–water partition coefficient (Wildman–Crippen LogP) is 3.39. The number of fused-ring (bicyclic) bond motifs is 1. The van der Waals surface area contributed by atoms with Gasteiger partial charge < -0.3 is 4.90 Å². The van der Waals surface area contributed by atoms with Gasteiger partial charge >= 0.3 is 0 Å². The van der Waals surface area contributed by atoms with Gasteiger partial charge in [-0.15, -0.1) is 0 Å². The normalized spacial score (nSPS) is 12.7. The number of hydrogen-bond donors (Lipinski definition) is 0. The van der Waals surface area contributed by atoms with E-state index < -0.39 is 0 Å². The van der Waals surface area contributed by atoms with Crippen molar-refractivity contribution in [3.63, 3.8) is 0 Å². The quantitative estimate of drug-likeness (QED) is 0.514. The molecule has 3 heterocycles. The van der Waals surface area contributed by atoms with E-state index >= 15 is 0 Å². The molecule has 0 unspecified atom stereocenters. The van der Waals surface area contributed by atoms with Crippen LogP contribution in [0.3, 0.4) is 0 Å². The minimum absolute atomic E-state index is 0.0434. The number of aryl methyl sites for hydroxylation is 1. The number of aromatic nitrogens is 2. The molecular weight excluding hydrogens is 404 g/mol. The van der Waals surface area contributed by atoms with Gasteiger partial charge in [0.1, 0.15) is 0 Å². The van der Waals surface area contributed by atoms with Crippen molar-refractivity contribution in [2.45, 2.75) is 32.9 Å². The van der Waals surface area contributed by atoms with Gasteiger partial charge in [-0.2, -0.15) is 0 Å². The highest BCUT2D eigenvalue weighted by Gasteiger charge is 2.35. The zero-order valence-corrected chi connectivity index (χ0v) is 17.9. The molecule has 0 saturated heterocycles. The Morgan fingerprint density at radius 2 is 1.66 bits per heavy atom. The van der Waals surface area contributed by atoms with E-state index in [1.165, 1.54) is 4.90 Å². The molecule has 0 radical (unpaired) electrons. The summed E-state index contributed by atoms with van der Waals surface area (Å²) in [5, 5.41) is 0. The Labute approximate surface area is 186 Å². The van der Waals surface area contributed by atoms with Crippen LogP contribution in [0.4, 0.5) is 0 Å². The molecule has 0 aliphatic carbocycles. The molecule has 1 aromatic carbocycles. The first-order valence-corrected chi connectivity index (χ1v) is 10.6. The van der Waals surface area contributed by atoms with Crippen molar-refractivity contribution < 1.29 is 14.4 Å². The monoisotopic (exact) mass is 428 g/mol. The summed E-state index contributed by atoms with van der Waals surface area (Å²) in [6.45, 7) is 2.98. The number of carbonyl (C=O) groups is 3. The minimum Gasteiger partial charge on any atom is -0.334 e. The van der Waals surface area contributed by atoms with Crippen LogP contribution in [0, 0.1) is 6.92 Å². The summed E-state index contributed by atoms with van der Waals surface area (Å²) >= 11 is 0. The molecule has 32 heavy (non-hydrogen) atoms. The van der Waals surface area contributed by atoms with Crippen molar-refractivity contribution >= 4 is 17.7 Å². The van der Waals surface area contributed by atoms with Crippen LogP contribution in [0.1, 0.15) is 50.2 Å². The molecule has 0 N–H and O–H groups in total. The van der Waals surface area contributed by atoms with Crippen molar-refractivity contribution in [1.29, 1.82) is 0 Å². The zero-order valence-electron chi connectivity index (χ0n) is 17.9. The third kappa shape index (κ3) is 4.72. The van der Waals surface area contributed by atoms with Crippen LogP contribution in [0.2, 0.25) is 0 Å². The number of carbonyl (C=O) groups excluding carboxylic acids is 3. The van der Waals surface area contributed by atoms with Crippen molar-refractivity contribution in [3.8, 4) is 0 Å². The van der Waals surface area contributed by atoms with Crippen LogP contribution in [0.5, 0.6) is 0 Å². The lowest BCUT2D eigenvalue weighted by atomic mass is 10.1. The SMILES string of the molecule is Cc1ccc2c(c1)C(=O)N(CCCC(=O)N(Cc1ccncc1)Cc1cccnc1)C2=O. The molecule has 0 atom stereocenters. The standard InChI is InChI=1S/C25H24N4O3/c1-18-6-7-21-22(14-18)25(32)29(24(21)31)13-3-5-23(30)28(16-19-8-11-26-12-9-19)17-20-4-2-10-27-15-20/h2,4,6-12,14-15H,3,5,13,16-17H2,1H3. The first kappa shape index (κ1) is 21.4. The maximum atomic E-state index is 13.1. The van der Waals surface area contributed by atoms with Gasteiger partial charge in [-0.05, 0) is 54.8 Å². The summed E-state index contributed by atoms with van der Waals surface area (Å²) in [5.74, 6) is -0.621. The molecule has 162 valence electrons. The van der Waals surface area contributed by atoms with Crippen LogP contribution in [0.25, 0.3) is 0 Å². The lowest BCUT2D eigenvalue weighted by molar-refractivity contribution is -0.132. The van der Waals surface area contributed by atoms with E-state index in [1.807, 2.05) is 37.3 Å². The molecule has 0 fully saturated rings. The molecule has 3 aromatic rings. The van der Waals surface area contributed by atoms with Gasteiger partial charge in [0.15, 0.2) is 0 Å². The van der Waals surface area contributed by atoms with E-state index in [-0.39, 0.29) is 30.7 Å². The molecule has 7 heteroatoms. The minimum atomic E-state index is -0.290. The second-order valence-electron chi connectivity index (χ2n) is 7.88. The average Bonchev–Trinajstić information content (AvgIpc) is 3.04. The van der Waals surface area contributed by atoms with Crippen molar-refractivity contribution in [2.24, 2.45) is 0 Å². The molecular formula is C25H24N4O3. The number of imide groups is 1. The number of nitrogens with zero attached hydrogens (tertiary/aromatic N) is 4. The molecule has 1 aliphatic rings. The molecule has 0 bridgehead atoms. The largest absolute Gasteiger partial charge is 0.334 e. The lowest BCUT2D eigenvalue weighted by Crippen LogP contribution is -2.33. The first-order chi connectivity index (χ1) is 15.5. The number of pyridine rings is 2. The molecule has 2 aromatic heterocycles. The van der Waals surface area contributed by atoms with Crippen LogP contribution >= 0.6 is 0 Å². The Balaban J connectivity index is 1.40. The highest BCUT2D eigenvalue weighted by molar-refractivity contribution is 6.21. The van der Waals surface area contributed by atoms with E-state index in [0.29, 0.717) is 30.6 Å². The second-order valence-corrected chi connectivity index (χ2v) is 7.88. The van der Waals surface area contributed by atoms with E-state index in [9.17, 15) is 14.4 Å². The van der Waals surface area contributed by atoms with E-state index in [4.69, 9.17) is 0 Å². The van der Waals surface area contributed by atoms with E-state index in [0.717, 1.165) is 16.7 Å². The maximum absolute atomic E-state index is 13.1. The number of hydrogen-bond acceptors (Lipinski definition) is 5. The van der Waals surface area contributed by atoms with Gasteiger partial charge in [0, 0.05) is 50.8 Å².